The number of hydrogen-bond donors (Lipinski definition) is 3. The van der Waals surface area contributed by atoms with Crippen molar-refractivity contribution in [3.63, 3.8) is 0 Å². The zero-order valence-electron chi connectivity index (χ0n) is 19.0. The highest BCUT2D eigenvalue weighted by Crippen LogP contribution is 2.30. The molecule has 1 fully saturated rings. The van der Waals surface area contributed by atoms with Gasteiger partial charge < -0.3 is 15.4 Å². The van der Waals surface area contributed by atoms with Crippen molar-refractivity contribution in [2.45, 2.75) is 19.0 Å². The Morgan fingerprint density at radius 1 is 1.15 bits per heavy atom. The molecule has 3 rings (SSSR count). The highest BCUT2D eigenvalue weighted by atomic mass is 16.5. The number of benzene rings is 2. The normalized spacial score (nSPS) is 17.7. The number of imide groups is 1. The van der Waals surface area contributed by atoms with Gasteiger partial charge in [-0.3, -0.25) is 24.7 Å². The van der Waals surface area contributed by atoms with Gasteiger partial charge in [-0.05, 0) is 49.4 Å². The van der Waals surface area contributed by atoms with Crippen molar-refractivity contribution < 1.29 is 23.9 Å². The Kier molecular flexibility index (Phi) is 6.98. The lowest BCUT2D eigenvalue weighted by molar-refractivity contribution is -0.139. The Morgan fingerprint density at radius 2 is 1.85 bits per heavy atom. The van der Waals surface area contributed by atoms with Crippen LogP contribution in [0.3, 0.4) is 0 Å². The van der Waals surface area contributed by atoms with E-state index in [4.69, 9.17) is 4.74 Å². The maximum atomic E-state index is 13.0. The number of nitrogens with zero attached hydrogens (tertiary/aromatic N) is 2. The van der Waals surface area contributed by atoms with Gasteiger partial charge in [0.25, 0.3) is 17.7 Å². The van der Waals surface area contributed by atoms with Gasteiger partial charge in [0.15, 0.2) is 0 Å². The van der Waals surface area contributed by atoms with E-state index in [9.17, 15) is 19.2 Å². The SMILES string of the molecule is CNC(=O)c1ccc(CN(C)CC(=O)NN2C(=O)NC(C)(c3cccc(OC)c3)C2=O)cc1. The zero-order valence-corrected chi connectivity index (χ0v) is 19.0. The minimum Gasteiger partial charge on any atom is -0.497 e. The van der Waals surface area contributed by atoms with Crippen LogP contribution in [0.5, 0.6) is 5.75 Å². The summed E-state index contributed by atoms with van der Waals surface area (Å²) in [4.78, 5) is 51.3. The minimum atomic E-state index is -1.34. The predicted molar refractivity (Wildman–Crippen MR) is 120 cm³/mol. The predicted octanol–water partition coefficient (Wildman–Crippen LogP) is 0.985. The Morgan fingerprint density at radius 3 is 2.48 bits per heavy atom. The van der Waals surface area contributed by atoms with Gasteiger partial charge in [-0.1, -0.05) is 24.3 Å². The second-order valence-corrected chi connectivity index (χ2v) is 7.91. The van der Waals surface area contributed by atoms with E-state index in [-0.39, 0.29) is 12.5 Å². The number of nitrogens with one attached hydrogen (secondary N) is 3. The van der Waals surface area contributed by atoms with Crippen molar-refractivity contribution in [2.24, 2.45) is 0 Å². The lowest BCUT2D eigenvalue weighted by atomic mass is 9.92. The smallest absolute Gasteiger partial charge is 0.344 e. The number of hydrogen-bond acceptors (Lipinski definition) is 6. The molecule has 5 amide bonds. The molecule has 174 valence electrons. The summed E-state index contributed by atoms with van der Waals surface area (Å²) in [6.45, 7) is 1.95. The highest BCUT2D eigenvalue weighted by Gasteiger charge is 2.50. The summed E-state index contributed by atoms with van der Waals surface area (Å²) in [6.07, 6.45) is 0. The molecule has 0 aliphatic carbocycles. The van der Waals surface area contributed by atoms with E-state index in [0.29, 0.717) is 28.4 Å². The van der Waals surface area contributed by atoms with Crippen molar-refractivity contribution in [2.75, 3.05) is 27.7 Å². The lowest BCUT2D eigenvalue weighted by Gasteiger charge is -2.23. The molecule has 3 N–H and O–H groups in total. The average molecular weight is 453 g/mol. The summed E-state index contributed by atoms with van der Waals surface area (Å²) in [5.74, 6) is -0.744. The second kappa shape index (κ2) is 9.70. The number of amides is 5. The summed E-state index contributed by atoms with van der Waals surface area (Å²) in [7, 11) is 4.81. The van der Waals surface area contributed by atoms with Crippen LogP contribution in [0.1, 0.15) is 28.4 Å². The van der Waals surface area contributed by atoms with E-state index in [1.54, 1.807) is 74.4 Å². The third-order valence-corrected chi connectivity index (χ3v) is 5.38. The fraction of sp³-hybridized carbons (Fsp3) is 0.304. The van der Waals surface area contributed by atoms with E-state index in [1.165, 1.54) is 7.11 Å². The molecular weight excluding hydrogens is 426 g/mol. The molecule has 33 heavy (non-hydrogen) atoms. The van der Waals surface area contributed by atoms with Crippen LogP contribution in [0.25, 0.3) is 0 Å². The molecule has 10 nitrogen and oxygen atoms in total. The van der Waals surface area contributed by atoms with Gasteiger partial charge in [0, 0.05) is 19.2 Å². The van der Waals surface area contributed by atoms with Gasteiger partial charge in [0.2, 0.25) is 0 Å². The number of ether oxygens (including phenoxy) is 1. The number of likely N-dealkylation sites (N-methyl/N-ethyl adjacent to an activating group) is 1. The number of carbonyl (C=O) groups is 4. The van der Waals surface area contributed by atoms with Crippen molar-refractivity contribution in [1.29, 1.82) is 0 Å². The van der Waals surface area contributed by atoms with Crippen LogP contribution in [0, 0.1) is 0 Å². The van der Waals surface area contributed by atoms with E-state index >= 15 is 0 Å². The monoisotopic (exact) mass is 453 g/mol. The molecule has 0 aromatic heterocycles. The van der Waals surface area contributed by atoms with Crippen LogP contribution in [0.2, 0.25) is 0 Å². The fourth-order valence-electron chi connectivity index (χ4n) is 3.55. The van der Waals surface area contributed by atoms with Crippen LogP contribution >= 0.6 is 0 Å². The van der Waals surface area contributed by atoms with Gasteiger partial charge in [-0.25, -0.2) is 4.79 Å². The Balaban J connectivity index is 1.61. The second-order valence-electron chi connectivity index (χ2n) is 7.91. The first kappa shape index (κ1) is 23.7. The lowest BCUT2D eigenvalue weighted by Crippen LogP contribution is -2.50. The molecule has 0 spiro atoms. The first-order valence-corrected chi connectivity index (χ1v) is 10.3. The maximum absolute atomic E-state index is 13.0. The maximum Gasteiger partial charge on any atom is 0.344 e. The quantitative estimate of drug-likeness (QED) is 0.513. The first-order chi connectivity index (χ1) is 15.7. The molecule has 1 aliphatic rings. The highest BCUT2D eigenvalue weighted by molar-refractivity contribution is 6.08. The molecule has 0 bridgehead atoms. The summed E-state index contributed by atoms with van der Waals surface area (Å²) < 4.78 is 5.20. The standard InChI is InChI=1S/C23H27N5O5/c1-23(17-6-5-7-18(12-17)33-4)21(31)28(22(32)25-23)26-19(29)14-27(3)13-15-8-10-16(11-9-15)20(30)24-2/h5-12H,13-14H2,1-4H3,(H,24,30)(H,25,32)(H,26,29). The van der Waals surface area contributed by atoms with Crippen LogP contribution in [-0.2, 0) is 21.7 Å². The fourth-order valence-corrected chi connectivity index (χ4v) is 3.55. The van der Waals surface area contributed by atoms with Crippen molar-refractivity contribution in [1.82, 2.24) is 26.0 Å². The van der Waals surface area contributed by atoms with Crippen molar-refractivity contribution in [3.05, 3.63) is 65.2 Å². The van der Waals surface area contributed by atoms with Gasteiger partial charge in [0.1, 0.15) is 11.3 Å². The molecule has 1 unspecified atom stereocenters. The van der Waals surface area contributed by atoms with Gasteiger partial charge >= 0.3 is 6.03 Å². The average Bonchev–Trinajstić information content (AvgIpc) is 3.02. The van der Waals surface area contributed by atoms with Crippen LogP contribution in [0.4, 0.5) is 4.79 Å². The number of methoxy groups -OCH3 is 1. The third kappa shape index (κ3) is 5.12. The molecule has 0 radical (unpaired) electrons. The number of carbonyl (C=O) groups excluding carboxylic acids is 4. The Hall–Kier alpha value is -3.92. The van der Waals surface area contributed by atoms with E-state index in [1.807, 2.05) is 0 Å². The molecule has 1 aliphatic heterocycles. The van der Waals surface area contributed by atoms with E-state index < -0.39 is 23.4 Å². The summed E-state index contributed by atoms with van der Waals surface area (Å²) in [5, 5.41) is 5.90. The molecule has 1 heterocycles. The van der Waals surface area contributed by atoms with Crippen LogP contribution < -0.4 is 20.8 Å². The summed E-state index contributed by atoms with van der Waals surface area (Å²) in [5.41, 5.74) is 3.03. The molecule has 0 saturated carbocycles. The van der Waals surface area contributed by atoms with Gasteiger partial charge in [-0.2, -0.15) is 5.01 Å². The first-order valence-electron chi connectivity index (χ1n) is 10.3. The largest absolute Gasteiger partial charge is 0.497 e. The van der Waals surface area contributed by atoms with E-state index in [2.05, 4.69) is 16.1 Å². The van der Waals surface area contributed by atoms with Crippen molar-refractivity contribution >= 4 is 23.8 Å². The Labute approximate surface area is 191 Å². The van der Waals surface area contributed by atoms with Crippen LogP contribution in [0.15, 0.2) is 48.5 Å². The third-order valence-electron chi connectivity index (χ3n) is 5.38. The number of hydrazine groups is 1. The molecule has 1 saturated heterocycles. The molecule has 10 heteroatoms. The van der Waals surface area contributed by atoms with Crippen LogP contribution in [-0.4, -0.2) is 61.4 Å². The number of urea groups is 1. The summed E-state index contributed by atoms with van der Waals surface area (Å²) in [6, 6.07) is 13.1. The minimum absolute atomic E-state index is 0.0515. The topological polar surface area (TPSA) is 120 Å². The van der Waals surface area contributed by atoms with Gasteiger partial charge in [0.05, 0.1) is 13.7 Å². The molecule has 2 aromatic carbocycles. The Bertz CT molecular complexity index is 1070. The van der Waals surface area contributed by atoms with Gasteiger partial charge in [-0.15, -0.1) is 0 Å². The zero-order chi connectivity index (χ0) is 24.2. The molecule has 2 aromatic rings. The summed E-state index contributed by atoms with van der Waals surface area (Å²) >= 11 is 0. The number of rotatable bonds is 8. The molecular formula is C23H27N5O5. The van der Waals surface area contributed by atoms with E-state index in [0.717, 1.165) is 5.56 Å². The van der Waals surface area contributed by atoms with Crippen molar-refractivity contribution in [3.8, 4) is 5.75 Å². The molecule has 1 atom stereocenters.